The third kappa shape index (κ3) is 1.76. The molecule has 0 fully saturated rings. The quantitative estimate of drug-likeness (QED) is 0.689. The minimum absolute atomic E-state index is 0.930. The second-order valence-corrected chi connectivity index (χ2v) is 4.78. The minimum Gasteiger partial charge on any atom is -0.283 e. The molecule has 2 heterocycles. The van der Waals surface area contributed by atoms with Crippen LogP contribution in [0, 0.1) is 6.92 Å². The van der Waals surface area contributed by atoms with Gasteiger partial charge in [-0.1, -0.05) is 30.3 Å². The van der Waals surface area contributed by atoms with E-state index in [1.165, 1.54) is 4.88 Å². The summed E-state index contributed by atoms with van der Waals surface area (Å²) in [6, 6.07) is 10.1. The van der Waals surface area contributed by atoms with E-state index < -0.39 is 0 Å². The average molecular weight is 241 g/mol. The van der Waals surface area contributed by atoms with E-state index in [-0.39, 0.29) is 0 Å². The molecule has 0 aliphatic carbocycles. The third-order valence-electron chi connectivity index (χ3n) is 2.62. The van der Waals surface area contributed by atoms with Crippen LogP contribution in [0.15, 0.2) is 48.2 Å². The smallest absolute Gasteiger partial charge is 0.152 e. The number of aryl methyl sites for hydroxylation is 1. The van der Waals surface area contributed by atoms with Crippen molar-refractivity contribution in [2.75, 3.05) is 0 Å². The fourth-order valence-electron chi connectivity index (χ4n) is 1.81. The van der Waals surface area contributed by atoms with E-state index in [0.29, 0.717) is 0 Å². The average Bonchev–Trinajstić information content (AvgIpc) is 2.98. The maximum atomic E-state index is 4.41. The Bertz CT molecular complexity index is 625. The Morgan fingerprint density at radius 2 is 1.94 bits per heavy atom. The lowest BCUT2D eigenvalue weighted by molar-refractivity contribution is 1.01. The first-order valence-electron chi connectivity index (χ1n) is 5.35. The van der Waals surface area contributed by atoms with Gasteiger partial charge in [-0.25, -0.2) is 9.97 Å². The van der Waals surface area contributed by atoms with Crippen LogP contribution in [0.2, 0.25) is 0 Å². The number of rotatable bonds is 2. The maximum absolute atomic E-state index is 4.41. The molecule has 3 aromatic rings. The lowest BCUT2D eigenvalue weighted by atomic mass is 10.2. The molecule has 0 N–H and O–H groups in total. The van der Waals surface area contributed by atoms with E-state index in [1.54, 1.807) is 17.5 Å². The van der Waals surface area contributed by atoms with Crippen molar-refractivity contribution >= 4 is 11.3 Å². The molecule has 3 nitrogen and oxygen atoms in total. The predicted octanol–water partition coefficient (Wildman–Crippen LogP) is 3.30. The maximum Gasteiger partial charge on any atom is 0.152 e. The van der Waals surface area contributed by atoms with Gasteiger partial charge in [-0.2, -0.15) is 0 Å². The zero-order valence-corrected chi connectivity index (χ0v) is 10.2. The van der Waals surface area contributed by atoms with Gasteiger partial charge >= 0.3 is 0 Å². The van der Waals surface area contributed by atoms with Crippen molar-refractivity contribution in [1.29, 1.82) is 0 Å². The van der Waals surface area contributed by atoms with Gasteiger partial charge in [0.2, 0.25) is 0 Å². The van der Waals surface area contributed by atoms with E-state index in [9.17, 15) is 0 Å². The molecule has 0 amide bonds. The summed E-state index contributed by atoms with van der Waals surface area (Å²) in [6.07, 6.45) is 3.76. The van der Waals surface area contributed by atoms with Gasteiger partial charge in [0.15, 0.2) is 5.82 Å². The number of nitrogens with zero attached hydrogens (tertiary/aromatic N) is 3. The summed E-state index contributed by atoms with van der Waals surface area (Å²) in [5.41, 5.74) is 2.96. The Morgan fingerprint density at radius 3 is 2.65 bits per heavy atom. The van der Waals surface area contributed by atoms with Crippen LogP contribution in [0.1, 0.15) is 4.88 Å². The van der Waals surface area contributed by atoms with E-state index >= 15 is 0 Å². The third-order valence-corrected chi connectivity index (χ3v) is 3.37. The van der Waals surface area contributed by atoms with Crippen LogP contribution in [-0.4, -0.2) is 14.5 Å². The van der Waals surface area contributed by atoms with Crippen LogP contribution >= 0.6 is 11.3 Å². The van der Waals surface area contributed by atoms with E-state index in [1.807, 2.05) is 34.5 Å². The van der Waals surface area contributed by atoms with Crippen molar-refractivity contribution < 1.29 is 0 Å². The Balaban J connectivity index is 2.16. The lowest BCUT2D eigenvalue weighted by Gasteiger charge is -2.05. The molecule has 4 heteroatoms. The van der Waals surface area contributed by atoms with Crippen LogP contribution in [0.25, 0.3) is 17.2 Å². The molecule has 0 aliphatic heterocycles. The van der Waals surface area contributed by atoms with Crippen molar-refractivity contribution in [2.24, 2.45) is 0 Å². The molecule has 0 saturated carbocycles. The molecule has 84 valence electrons. The van der Waals surface area contributed by atoms with Crippen molar-refractivity contribution in [3.05, 3.63) is 53.1 Å². The number of imidazole rings is 1. The Kier molecular flexibility index (Phi) is 2.49. The van der Waals surface area contributed by atoms with Gasteiger partial charge in [0, 0.05) is 22.8 Å². The van der Waals surface area contributed by atoms with Gasteiger partial charge in [-0.05, 0) is 6.92 Å². The lowest BCUT2D eigenvalue weighted by Crippen LogP contribution is -1.97. The molecular formula is C13H11N3S. The highest BCUT2D eigenvalue weighted by atomic mass is 32.1. The summed E-state index contributed by atoms with van der Waals surface area (Å²) in [5.74, 6) is 1.89. The summed E-state index contributed by atoms with van der Waals surface area (Å²) in [4.78, 5) is 9.99. The van der Waals surface area contributed by atoms with Crippen molar-refractivity contribution in [3.63, 3.8) is 0 Å². The molecular weight excluding hydrogens is 230 g/mol. The minimum atomic E-state index is 0.930. The molecule has 17 heavy (non-hydrogen) atoms. The zero-order chi connectivity index (χ0) is 11.7. The summed E-state index contributed by atoms with van der Waals surface area (Å²) in [5, 5.41) is 0. The van der Waals surface area contributed by atoms with E-state index in [2.05, 4.69) is 29.0 Å². The SMILES string of the molecule is Cc1scnc1-n1ccnc1-c1ccccc1. The van der Waals surface area contributed by atoms with Crippen LogP contribution < -0.4 is 0 Å². The standard InChI is InChI=1S/C13H11N3S/c1-10-12(15-9-17-10)16-8-7-14-13(16)11-5-3-2-4-6-11/h2-9H,1H3. The molecule has 2 aromatic heterocycles. The van der Waals surface area contributed by atoms with Crippen LogP contribution in [-0.2, 0) is 0 Å². The summed E-state index contributed by atoms with van der Waals surface area (Å²) in [6.45, 7) is 2.07. The van der Waals surface area contributed by atoms with Crippen molar-refractivity contribution in [1.82, 2.24) is 14.5 Å². The second kappa shape index (κ2) is 4.14. The number of hydrogen-bond donors (Lipinski definition) is 0. The predicted molar refractivity (Wildman–Crippen MR) is 69.4 cm³/mol. The Hall–Kier alpha value is -1.94. The second-order valence-electron chi connectivity index (χ2n) is 3.72. The Labute approximate surface area is 103 Å². The molecule has 0 aliphatic rings. The summed E-state index contributed by atoms with van der Waals surface area (Å²) in [7, 11) is 0. The molecule has 0 saturated heterocycles. The molecule has 0 radical (unpaired) electrons. The monoisotopic (exact) mass is 241 g/mol. The van der Waals surface area contributed by atoms with Gasteiger partial charge in [0.25, 0.3) is 0 Å². The highest BCUT2D eigenvalue weighted by molar-refractivity contribution is 7.09. The first-order chi connectivity index (χ1) is 8.36. The number of benzene rings is 1. The van der Waals surface area contributed by atoms with Crippen LogP contribution in [0.3, 0.4) is 0 Å². The fourth-order valence-corrected chi connectivity index (χ4v) is 2.37. The molecule has 0 unspecified atom stereocenters. The molecule has 0 spiro atoms. The molecule has 1 aromatic carbocycles. The van der Waals surface area contributed by atoms with Gasteiger partial charge in [-0.15, -0.1) is 11.3 Å². The number of aromatic nitrogens is 3. The van der Waals surface area contributed by atoms with E-state index in [0.717, 1.165) is 17.2 Å². The topological polar surface area (TPSA) is 30.7 Å². The van der Waals surface area contributed by atoms with Crippen molar-refractivity contribution in [3.8, 4) is 17.2 Å². The first-order valence-corrected chi connectivity index (χ1v) is 6.23. The molecule has 0 bridgehead atoms. The first kappa shape index (κ1) is 10.2. The fraction of sp³-hybridized carbons (Fsp3) is 0.0769. The largest absolute Gasteiger partial charge is 0.283 e. The summed E-state index contributed by atoms with van der Waals surface area (Å²) >= 11 is 1.65. The molecule has 3 rings (SSSR count). The van der Waals surface area contributed by atoms with Crippen LogP contribution in [0.5, 0.6) is 0 Å². The Morgan fingerprint density at radius 1 is 1.12 bits per heavy atom. The van der Waals surface area contributed by atoms with Crippen molar-refractivity contribution in [2.45, 2.75) is 6.92 Å². The van der Waals surface area contributed by atoms with Gasteiger partial charge < -0.3 is 0 Å². The summed E-state index contributed by atoms with van der Waals surface area (Å²) < 4.78 is 2.03. The van der Waals surface area contributed by atoms with Gasteiger partial charge in [0.1, 0.15) is 5.82 Å². The van der Waals surface area contributed by atoms with Gasteiger partial charge in [0.05, 0.1) is 5.51 Å². The highest BCUT2D eigenvalue weighted by Gasteiger charge is 2.10. The number of thiazole rings is 1. The zero-order valence-electron chi connectivity index (χ0n) is 9.37. The normalized spacial score (nSPS) is 10.6. The highest BCUT2D eigenvalue weighted by Crippen LogP contribution is 2.23. The van der Waals surface area contributed by atoms with Crippen LogP contribution in [0.4, 0.5) is 0 Å². The number of hydrogen-bond acceptors (Lipinski definition) is 3. The molecule has 0 atom stereocenters. The van der Waals surface area contributed by atoms with Gasteiger partial charge in [-0.3, -0.25) is 4.57 Å². The van der Waals surface area contributed by atoms with E-state index in [4.69, 9.17) is 0 Å².